The molecular weight excluding hydrogens is 228 g/mol. The SMILES string of the molecule is CNC(C)C(=O)Nc1ccc(OC(C)C)cc1C. The Morgan fingerprint density at radius 1 is 1.28 bits per heavy atom. The third-order valence-corrected chi connectivity index (χ3v) is 2.65. The first-order valence-corrected chi connectivity index (χ1v) is 6.19. The Morgan fingerprint density at radius 2 is 1.94 bits per heavy atom. The number of carbonyl (C=O) groups excluding carboxylic acids is 1. The summed E-state index contributed by atoms with van der Waals surface area (Å²) in [7, 11) is 1.76. The predicted octanol–water partition coefficient (Wildman–Crippen LogP) is 2.33. The maximum absolute atomic E-state index is 11.8. The molecule has 4 nitrogen and oxygen atoms in total. The minimum Gasteiger partial charge on any atom is -0.491 e. The zero-order valence-electron chi connectivity index (χ0n) is 11.7. The summed E-state index contributed by atoms with van der Waals surface area (Å²) in [5.41, 5.74) is 1.81. The van der Waals surface area contributed by atoms with Crippen LogP contribution in [0.15, 0.2) is 18.2 Å². The highest BCUT2D eigenvalue weighted by Crippen LogP contribution is 2.22. The predicted molar refractivity (Wildman–Crippen MR) is 74.1 cm³/mol. The summed E-state index contributed by atoms with van der Waals surface area (Å²) in [4.78, 5) is 11.8. The largest absolute Gasteiger partial charge is 0.491 e. The number of aryl methyl sites for hydroxylation is 1. The van der Waals surface area contributed by atoms with Gasteiger partial charge >= 0.3 is 0 Å². The Hall–Kier alpha value is -1.55. The molecule has 0 bridgehead atoms. The van der Waals surface area contributed by atoms with Crippen LogP contribution in [0.3, 0.4) is 0 Å². The summed E-state index contributed by atoms with van der Waals surface area (Å²) < 4.78 is 5.60. The maximum atomic E-state index is 11.8. The zero-order valence-corrected chi connectivity index (χ0v) is 11.7. The minimum atomic E-state index is -0.212. The van der Waals surface area contributed by atoms with E-state index in [1.54, 1.807) is 7.05 Å². The second kappa shape index (κ2) is 6.40. The number of hydrogen-bond donors (Lipinski definition) is 2. The van der Waals surface area contributed by atoms with Crippen molar-refractivity contribution in [2.75, 3.05) is 12.4 Å². The first-order chi connectivity index (χ1) is 8.43. The molecule has 0 radical (unpaired) electrons. The molecule has 0 spiro atoms. The first-order valence-electron chi connectivity index (χ1n) is 6.19. The number of carbonyl (C=O) groups is 1. The highest BCUT2D eigenvalue weighted by Gasteiger charge is 2.11. The van der Waals surface area contributed by atoms with Crippen LogP contribution in [0.5, 0.6) is 5.75 Å². The molecule has 2 N–H and O–H groups in total. The molecule has 1 rings (SSSR count). The van der Waals surface area contributed by atoms with Crippen LogP contribution in [-0.4, -0.2) is 25.1 Å². The molecule has 0 aliphatic carbocycles. The van der Waals surface area contributed by atoms with Crippen molar-refractivity contribution in [2.45, 2.75) is 39.8 Å². The van der Waals surface area contributed by atoms with E-state index in [-0.39, 0.29) is 18.1 Å². The van der Waals surface area contributed by atoms with Crippen molar-refractivity contribution in [2.24, 2.45) is 0 Å². The fourth-order valence-electron chi connectivity index (χ4n) is 1.49. The van der Waals surface area contributed by atoms with Gasteiger partial charge in [0.25, 0.3) is 0 Å². The fourth-order valence-corrected chi connectivity index (χ4v) is 1.49. The fraction of sp³-hybridized carbons (Fsp3) is 0.500. The van der Waals surface area contributed by atoms with E-state index in [0.29, 0.717) is 0 Å². The van der Waals surface area contributed by atoms with Gasteiger partial charge in [-0.25, -0.2) is 0 Å². The van der Waals surface area contributed by atoms with Crippen LogP contribution in [0.4, 0.5) is 5.69 Å². The third kappa shape index (κ3) is 4.04. The Morgan fingerprint density at radius 3 is 2.44 bits per heavy atom. The van der Waals surface area contributed by atoms with Crippen LogP contribution < -0.4 is 15.4 Å². The van der Waals surface area contributed by atoms with Crippen molar-refractivity contribution in [1.82, 2.24) is 5.32 Å². The van der Waals surface area contributed by atoms with Crippen molar-refractivity contribution < 1.29 is 9.53 Å². The number of benzene rings is 1. The van der Waals surface area contributed by atoms with Crippen molar-refractivity contribution >= 4 is 11.6 Å². The smallest absolute Gasteiger partial charge is 0.241 e. The van der Waals surface area contributed by atoms with Crippen LogP contribution in [0.25, 0.3) is 0 Å². The molecule has 0 aliphatic rings. The van der Waals surface area contributed by atoms with Crippen LogP contribution in [-0.2, 0) is 4.79 Å². The normalized spacial score (nSPS) is 12.3. The van der Waals surface area contributed by atoms with Gasteiger partial charge in [0.2, 0.25) is 5.91 Å². The molecule has 1 aromatic carbocycles. The quantitative estimate of drug-likeness (QED) is 0.843. The monoisotopic (exact) mass is 250 g/mol. The van der Waals surface area contributed by atoms with Crippen molar-refractivity contribution in [3.05, 3.63) is 23.8 Å². The third-order valence-electron chi connectivity index (χ3n) is 2.65. The van der Waals surface area contributed by atoms with Crippen LogP contribution in [0.1, 0.15) is 26.3 Å². The second-order valence-corrected chi connectivity index (χ2v) is 4.64. The Kier molecular flexibility index (Phi) is 5.16. The highest BCUT2D eigenvalue weighted by atomic mass is 16.5. The van der Waals surface area contributed by atoms with Gasteiger partial charge < -0.3 is 15.4 Å². The molecule has 1 aromatic rings. The van der Waals surface area contributed by atoms with E-state index in [9.17, 15) is 4.79 Å². The minimum absolute atomic E-state index is 0.0434. The van der Waals surface area contributed by atoms with Gasteiger partial charge in [0.15, 0.2) is 0 Å². The molecule has 1 amide bonds. The van der Waals surface area contributed by atoms with E-state index in [1.807, 2.05) is 45.9 Å². The van der Waals surface area contributed by atoms with E-state index in [2.05, 4.69) is 10.6 Å². The molecule has 0 aromatic heterocycles. The van der Waals surface area contributed by atoms with E-state index in [0.717, 1.165) is 17.0 Å². The molecule has 1 unspecified atom stereocenters. The number of hydrogen-bond acceptors (Lipinski definition) is 3. The summed E-state index contributed by atoms with van der Waals surface area (Å²) in [5, 5.41) is 5.79. The van der Waals surface area contributed by atoms with E-state index in [4.69, 9.17) is 4.74 Å². The number of likely N-dealkylation sites (N-methyl/N-ethyl adjacent to an activating group) is 1. The summed E-state index contributed by atoms with van der Waals surface area (Å²) in [6.45, 7) is 7.74. The van der Waals surface area contributed by atoms with Crippen LogP contribution >= 0.6 is 0 Å². The Labute approximate surface area is 109 Å². The second-order valence-electron chi connectivity index (χ2n) is 4.64. The summed E-state index contributed by atoms with van der Waals surface area (Å²) >= 11 is 0. The number of nitrogens with one attached hydrogen (secondary N) is 2. The summed E-state index contributed by atoms with van der Waals surface area (Å²) in [6.07, 6.45) is 0.147. The van der Waals surface area contributed by atoms with E-state index >= 15 is 0 Å². The average molecular weight is 250 g/mol. The summed E-state index contributed by atoms with van der Waals surface area (Å²) in [5.74, 6) is 0.778. The van der Waals surface area contributed by atoms with Gasteiger partial charge in [-0.3, -0.25) is 4.79 Å². The van der Waals surface area contributed by atoms with Gasteiger partial charge in [0.05, 0.1) is 12.1 Å². The lowest BCUT2D eigenvalue weighted by Gasteiger charge is -2.15. The standard InChI is InChI=1S/C14H22N2O2/c1-9(2)18-12-6-7-13(10(3)8-12)16-14(17)11(4)15-5/h6-9,11,15H,1-5H3,(H,16,17). The van der Waals surface area contributed by atoms with Gasteiger partial charge in [-0.1, -0.05) is 0 Å². The number of amides is 1. The highest BCUT2D eigenvalue weighted by molar-refractivity contribution is 5.95. The van der Waals surface area contributed by atoms with Crippen molar-refractivity contribution in [3.63, 3.8) is 0 Å². The van der Waals surface area contributed by atoms with Gasteiger partial charge in [0.1, 0.15) is 5.75 Å². The maximum Gasteiger partial charge on any atom is 0.241 e. The molecule has 0 fully saturated rings. The topological polar surface area (TPSA) is 50.4 Å². The Bertz CT molecular complexity index is 416. The van der Waals surface area contributed by atoms with E-state index in [1.165, 1.54) is 0 Å². The average Bonchev–Trinajstić information content (AvgIpc) is 2.30. The van der Waals surface area contributed by atoms with Crippen LogP contribution in [0.2, 0.25) is 0 Å². The van der Waals surface area contributed by atoms with Crippen molar-refractivity contribution in [3.8, 4) is 5.75 Å². The number of anilines is 1. The van der Waals surface area contributed by atoms with Gasteiger partial charge in [-0.05, 0) is 58.5 Å². The van der Waals surface area contributed by atoms with E-state index < -0.39 is 0 Å². The van der Waals surface area contributed by atoms with Gasteiger partial charge in [-0.15, -0.1) is 0 Å². The molecular formula is C14H22N2O2. The first kappa shape index (κ1) is 14.5. The molecule has 0 saturated carbocycles. The number of rotatable bonds is 5. The molecule has 0 aliphatic heterocycles. The molecule has 100 valence electrons. The summed E-state index contributed by atoms with van der Waals surface area (Å²) in [6, 6.07) is 5.45. The molecule has 0 heterocycles. The Balaban J connectivity index is 2.76. The lowest BCUT2D eigenvalue weighted by molar-refractivity contribution is -0.117. The lowest BCUT2D eigenvalue weighted by atomic mass is 10.1. The zero-order chi connectivity index (χ0) is 13.7. The molecule has 1 atom stereocenters. The molecule has 18 heavy (non-hydrogen) atoms. The van der Waals surface area contributed by atoms with Crippen molar-refractivity contribution in [1.29, 1.82) is 0 Å². The molecule has 4 heteroatoms. The van der Waals surface area contributed by atoms with Crippen LogP contribution in [0, 0.1) is 6.92 Å². The number of ether oxygens (including phenoxy) is 1. The molecule has 0 saturated heterocycles. The van der Waals surface area contributed by atoms with Gasteiger partial charge in [-0.2, -0.15) is 0 Å². The lowest BCUT2D eigenvalue weighted by Crippen LogP contribution is -2.35. The van der Waals surface area contributed by atoms with Gasteiger partial charge in [0, 0.05) is 5.69 Å².